The van der Waals surface area contributed by atoms with E-state index in [-0.39, 0.29) is 5.91 Å². The second-order valence-corrected chi connectivity index (χ2v) is 4.52. The molecule has 2 rings (SSSR count). The molecule has 1 heterocycles. The van der Waals surface area contributed by atoms with Gasteiger partial charge in [-0.25, -0.2) is 0 Å². The Morgan fingerprint density at radius 2 is 2.19 bits per heavy atom. The molecule has 1 aromatic carbocycles. The Bertz CT molecular complexity index is 391. The standard InChI is InChI=1S/C13H18N2O/c1-9-3-4-11(10(2)5-9)6-12-7-15-13(16)8-14-12/h3-5,12,14H,6-8H2,1-2H3,(H,15,16). The van der Waals surface area contributed by atoms with Crippen molar-refractivity contribution in [2.75, 3.05) is 13.1 Å². The largest absolute Gasteiger partial charge is 0.353 e. The molecule has 1 aliphatic rings. The van der Waals surface area contributed by atoms with Crippen LogP contribution < -0.4 is 10.6 Å². The molecule has 0 radical (unpaired) electrons. The normalized spacial score (nSPS) is 20.6. The van der Waals surface area contributed by atoms with Gasteiger partial charge in [0, 0.05) is 12.6 Å². The van der Waals surface area contributed by atoms with Gasteiger partial charge in [0.1, 0.15) is 0 Å². The van der Waals surface area contributed by atoms with Crippen LogP contribution >= 0.6 is 0 Å². The van der Waals surface area contributed by atoms with Crippen LogP contribution in [0.3, 0.4) is 0 Å². The van der Waals surface area contributed by atoms with Gasteiger partial charge in [-0.1, -0.05) is 23.8 Å². The number of carbonyl (C=O) groups excluding carboxylic acids is 1. The number of carbonyl (C=O) groups is 1. The number of aryl methyl sites for hydroxylation is 2. The predicted molar refractivity (Wildman–Crippen MR) is 64.4 cm³/mol. The first-order valence-electron chi connectivity index (χ1n) is 5.71. The minimum Gasteiger partial charge on any atom is -0.353 e. The van der Waals surface area contributed by atoms with Crippen LogP contribution in [-0.2, 0) is 11.2 Å². The Hall–Kier alpha value is -1.35. The van der Waals surface area contributed by atoms with Crippen molar-refractivity contribution < 1.29 is 4.79 Å². The molecule has 0 aromatic heterocycles. The number of amides is 1. The minimum atomic E-state index is 0.0943. The summed E-state index contributed by atoms with van der Waals surface area (Å²) in [6.07, 6.45) is 0.979. The number of nitrogens with one attached hydrogen (secondary N) is 2. The lowest BCUT2D eigenvalue weighted by Crippen LogP contribution is -2.52. The molecule has 1 saturated heterocycles. The third-order valence-electron chi connectivity index (χ3n) is 3.06. The fourth-order valence-corrected chi connectivity index (χ4v) is 2.09. The van der Waals surface area contributed by atoms with E-state index in [1.54, 1.807) is 0 Å². The summed E-state index contributed by atoms with van der Waals surface area (Å²) in [6, 6.07) is 6.89. The molecule has 1 atom stereocenters. The molecule has 1 amide bonds. The first-order valence-corrected chi connectivity index (χ1v) is 5.71. The molecular formula is C13H18N2O. The van der Waals surface area contributed by atoms with Crippen LogP contribution in [0, 0.1) is 13.8 Å². The summed E-state index contributed by atoms with van der Waals surface area (Å²) in [5.74, 6) is 0.0943. The van der Waals surface area contributed by atoms with Crippen LogP contribution in [0.1, 0.15) is 16.7 Å². The van der Waals surface area contributed by atoms with Gasteiger partial charge in [0.25, 0.3) is 0 Å². The van der Waals surface area contributed by atoms with Gasteiger partial charge in [0.15, 0.2) is 0 Å². The summed E-state index contributed by atoms with van der Waals surface area (Å²) in [5, 5.41) is 6.13. The lowest BCUT2D eigenvalue weighted by atomic mass is 9.98. The van der Waals surface area contributed by atoms with E-state index in [4.69, 9.17) is 0 Å². The van der Waals surface area contributed by atoms with Gasteiger partial charge in [-0.3, -0.25) is 4.79 Å². The third-order valence-corrected chi connectivity index (χ3v) is 3.06. The van der Waals surface area contributed by atoms with E-state index in [2.05, 4.69) is 42.7 Å². The number of hydrogen-bond donors (Lipinski definition) is 2. The first kappa shape index (κ1) is 11.1. The summed E-state index contributed by atoms with van der Waals surface area (Å²) < 4.78 is 0. The maximum atomic E-state index is 11.0. The molecule has 16 heavy (non-hydrogen) atoms. The van der Waals surface area contributed by atoms with Crippen molar-refractivity contribution in [3.63, 3.8) is 0 Å². The summed E-state index contributed by atoms with van der Waals surface area (Å²) in [4.78, 5) is 11.0. The van der Waals surface area contributed by atoms with Crippen molar-refractivity contribution in [2.24, 2.45) is 0 Å². The third kappa shape index (κ3) is 2.61. The number of benzene rings is 1. The van der Waals surface area contributed by atoms with E-state index >= 15 is 0 Å². The quantitative estimate of drug-likeness (QED) is 0.775. The van der Waals surface area contributed by atoms with E-state index in [0.29, 0.717) is 12.6 Å². The number of piperazine rings is 1. The minimum absolute atomic E-state index is 0.0943. The van der Waals surface area contributed by atoms with Gasteiger partial charge >= 0.3 is 0 Å². The van der Waals surface area contributed by atoms with Gasteiger partial charge < -0.3 is 10.6 Å². The monoisotopic (exact) mass is 218 g/mol. The molecule has 0 spiro atoms. The molecule has 3 nitrogen and oxygen atoms in total. The maximum Gasteiger partial charge on any atom is 0.234 e. The zero-order valence-corrected chi connectivity index (χ0v) is 9.84. The summed E-state index contributed by atoms with van der Waals surface area (Å²) >= 11 is 0. The fraction of sp³-hybridized carbons (Fsp3) is 0.462. The highest BCUT2D eigenvalue weighted by molar-refractivity contribution is 5.78. The Balaban J connectivity index is 2.01. The smallest absolute Gasteiger partial charge is 0.234 e. The first-order chi connectivity index (χ1) is 7.65. The van der Waals surface area contributed by atoms with Gasteiger partial charge in [-0.15, -0.1) is 0 Å². The Kier molecular flexibility index (Phi) is 3.25. The summed E-state index contributed by atoms with van der Waals surface area (Å²) in [7, 11) is 0. The van der Waals surface area contributed by atoms with Gasteiger partial charge in [0.05, 0.1) is 6.54 Å². The number of hydrogen-bond acceptors (Lipinski definition) is 2. The van der Waals surface area contributed by atoms with E-state index < -0.39 is 0 Å². The van der Waals surface area contributed by atoms with Crippen LogP contribution in [0.15, 0.2) is 18.2 Å². The molecule has 1 fully saturated rings. The van der Waals surface area contributed by atoms with Gasteiger partial charge in [-0.05, 0) is 31.4 Å². The predicted octanol–water partition coefficient (Wildman–Crippen LogP) is 0.934. The van der Waals surface area contributed by atoms with Crippen molar-refractivity contribution >= 4 is 5.91 Å². The Morgan fingerprint density at radius 3 is 2.81 bits per heavy atom. The molecule has 1 aromatic rings. The molecule has 1 aliphatic heterocycles. The van der Waals surface area contributed by atoms with Crippen molar-refractivity contribution in [3.8, 4) is 0 Å². The zero-order chi connectivity index (χ0) is 11.5. The van der Waals surface area contributed by atoms with Crippen LogP contribution in [0.5, 0.6) is 0 Å². The fourth-order valence-electron chi connectivity index (χ4n) is 2.09. The molecule has 3 heteroatoms. The van der Waals surface area contributed by atoms with E-state index in [1.807, 2.05) is 0 Å². The highest BCUT2D eigenvalue weighted by Crippen LogP contribution is 2.13. The highest BCUT2D eigenvalue weighted by Gasteiger charge is 2.17. The highest BCUT2D eigenvalue weighted by atomic mass is 16.2. The molecule has 0 aliphatic carbocycles. The van der Waals surface area contributed by atoms with Crippen molar-refractivity contribution in [1.82, 2.24) is 10.6 Å². The lowest BCUT2D eigenvalue weighted by Gasteiger charge is -2.24. The molecule has 0 bridgehead atoms. The Labute approximate surface area is 96.2 Å². The topological polar surface area (TPSA) is 41.1 Å². The van der Waals surface area contributed by atoms with Crippen LogP contribution in [0.4, 0.5) is 0 Å². The maximum absolute atomic E-state index is 11.0. The Morgan fingerprint density at radius 1 is 1.38 bits per heavy atom. The second-order valence-electron chi connectivity index (χ2n) is 4.52. The van der Waals surface area contributed by atoms with E-state index in [1.165, 1.54) is 16.7 Å². The second kappa shape index (κ2) is 4.66. The SMILES string of the molecule is Cc1ccc(CC2CNC(=O)CN2)c(C)c1. The van der Waals surface area contributed by atoms with E-state index in [9.17, 15) is 4.79 Å². The van der Waals surface area contributed by atoms with Crippen molar-refractivity contribution in [1.29, 1.82) is 0 Å². The average Bonchev–Trinajstić information content (AvgIpc) is 2.25. The number of rotatable bonds is 2. The van der Waals surface area contributed by atoms with Crippen LogP contribution in [0.2, 0.25) is 0 Å². The van der Waals surface area contributed by atoms with Crippen LogP contribution in [-0.4, -0.2) is 25.0 Å². The van der Waals surface area contributed by atoms with Gasteiger partial charge in [0.2, 0.25) is 5.91 Å². The lowest BCUT2D eigenvalue weighted by molar-refractivity contribution is -0.121. The summed E-state index contributed by atoms with van der Waals surface area (Å²) in [5.41, 5.74) is 3.99. The van der Waals surface area contributed by atoms with Crippen molar-refractivity contribution in [3.05, 3.63) is 34.9 Å². The summed E-state index contributed by atoms with van der Waals surface area (Å²) in [6.45, 7) is 5.42. The average molecular weight is 218 g/mol. The van der Waals surface area contributed by atoms with Gasteiger partial charge in [-0.2, -0.15) is 0 Å². The molecule has 86 valence electrons. The zero-order valence-electron chi connectivity index (χ0n) is 9.84. The molecule has 0 saturated carbocycles. The molecular weight excluding hydrogens is 200 g/mol. The van der Waals surface area contributed by atoms with E-state index in [0.717, 1.165) is 13.0 Å². The molecule has 1 unspecified atom stereocenters. The molecule has 2 N–H and O–H groups in total. The van der Waals surface area contributed by atoms with Crippen molar-refractivity contribution in [2.45, 2.75) is 26.3 Å². The van der Waals surface area contributed by atoms with Crippen LogP contribution in [0.25, 0.3) is 0 Å².